The molecule has 39 heavy (non-hydrogen) atoms. The number of rotatable bonds is 10. The summed E-state index contributed by atoms with van der Waals surface area (Å²) in [6.45, 7) is 12.3. The summed E-state index contributed by atoms with van der Waals surface area (Å²) in [6, 6.07) is 8.77. The van der Waals surface area contributed by atoms with Crippen molar-refractivity contribution in [1.82, 2.24) is 14.7 Å². The normalized spacial score (nSPS) is 17.3. The van der Waals surface area contributed by atoms with Gasteiger partial charge in [-0.25, -0.2) is 0 Å². The highest BCUT2D eigenvalue weighted by Gasteiger charge is 2.31. The van der Waals surface area contributed by atoms with Crippen LogP contribution in [0, 0.1) is 13.8 Å². The molecule has 0 saturated carbocycles. The number of carbonyl (C=O) groups excluding carboxylic acids is 1. The Morgan fingerprint density at radius 2 is 1.64 bits per heavy atom. The van der Waals surface area contributed by atoms with Crippen molar-refractivity contribution >= 4 is 5.91 Å². The largest absolute Gasteiger partial charge is 0.493 e. The molecule has 1 fully saturated rings. The molecule has 2 unspecified atom stereocenters. The van der Waals surface area contributed by atoms with Crippen LogP contribution in [0.4, 0.5) is 13.2 Å². The van der Waals surface area contributed by atoms with Gasteiger partial charge in [0.2, 0.25) is 0 Å². The third-order valence-corrected chi connectivity index (χ3v) is 7.67. The Morgan fingerprint density at radius 3 is 2.21 bits per heavy atom. The molecular weight excluding hydrogens is 505 g/mol. The second-order valence-corrected chi connectivity index (χ2v) is 11.3. The molecule has 0 radical (unpaired) electrons. The Hall–Kier alpha value is -2.62. The van der Waals surface area contributed by atoms with E-state index in [0.717, 1.165) is 42.8 Å². The fraction of sp³-hybridized carbons (Fsp3) is 0.567. The minimum atomic E-state index is -4.41. The molecule has 1 heterocycles. The minimum Gasteiger partial charge on any atom is -0.493 e. The first-order chi connectivity index (χ1) is 18.2. The number of nitrogens with two attached hydrogens (primary N) is 1. The number of halogens is 3. The maximum atomic E-state index is 12.9. The van der Waals surface area contributed by atoms with Gasteiger partial charge in [0.25, 0.3) is 5.91 Å². The van der Waals surface area contributed by atoms with E-state index >= 15 is 0 Å². The van der Waals surface area contributed by atoms with Crippen molar-refractivity contribution in [2.45, 2.75) is 58.3 Å². The number of hydrogen-bond acceptors (Lipinski definition) is 5. The van der Waals surface area contributed by atoms with Gasteiger partial charge in [-0.05, 0) is 102 Å². The molecular formula is C30H43F3N4O2. The number of ether oxygens (including phenoxy) is 1. The summed E-state index contributed by atoms with van der Waals surface area (Å²) in [6.07, 6.45) is -2.65. The molecule has 0 bridgehead atoms. The summed E-state index contributed by atoms with van der Waals surface area (Å²) in [7, 11) is 4.05. The van der Waals surface area contributed by atoms with E-state index in [2.05, 4.69) is 43.6 Å². The Labute approximate surface area is 230 Å². The van der Waals surface area contributed by atoms with Crippen molar-refractivity contribution in [2.75, 3.05) is 53.4 Å². The fourth-order valence-electron chi connectivity index (χ4n) is 5.38. The van der Waals surface area contributed by atoms with Gasteiger partial charge >= 0.3 is 6.18 Å². The van der Waals surface area contributed by atoms with Gasteiger partial charge in [0.05, 0.1) is 12.2 Å². The average Bonchev–Trinajstić information content (AvgIpc) is 2.87. The standard InChI is InChI=1S/C30H43F3N4O2/c1-21-22(2)27(39-19-7-14-29(4,34)20-35(5)6)13-12-26(21)23(3)36-15-17-37(18-16-36)28(38)24-8-10-25(11-9-24)30(31,32)33/h8-13,23H,7,14-20,34H2,1-6H3. The maximum Gasteiger partial charge on any atom is 0.416 e. The van der Waals surface area contributed by atoms with Gasteiger partial charge in [0, 0.05) is 49.9 Å². The lowest BCUT2D eigenvalue weighted by Crippen LogP contribution is -2.49. The van der Waals surface area contributed by atoms with E-state index in [4.69, 9.17) is 10.5 Å². The van der Waals surface area contributed by atoms with Gasteiger partial charge < -0.3 is 20.3 Å². The summed E-state index contributed by atoms with van der Waals surface area (Å²) in [5.74, 6) is 0.656. The average molecular weight is 549 g/mol. The number of nitrogens with zero attached hydrogens (tertiary/aromatic N) is 3. The molecule has 1 aliphatic rings. The molecule has 1 saturated heterocycles. The van der Waals surface area contributed by atoms with E-state index in [1.807, 2.05) is 20.2 Å². The van der Waals surface area contributed by atoms with Crippen molar-refractivity contribution in [2.24, 2.45) is 5.73 Å². The Balaban J connectivity index is 1.54. The summed E-state index contributed by atoms with van der Waals surface area (Å²) >= 11 is 0. The second-order valence-electron chi connectivity index (χ2n) is 11.3. The molecule has 0 spiro atoms. The van der Waals surface area contributed by atoms with Crippen LogP contribution < -0.4 is 10.5 Å². The number of amides is 1. The van der Waals surface area contributed by atoms with Crippen LogP contribution in [0.15, 0.2) is 36.4 Å². The molecule has 2 aromatic rings. The smallest absolute Gasteiger partial charge is 0.416 e. The number of carbonyl (C=O) groups is 1. The first-order valence-electron chi connectivity index (χ1n) is 13.6. The first-order valence-corrected chi connectivity index (χ1v) is 13.6. The topological polar surface area (TPSA) is 62.0 Å². The van der Waals surface area contributed by atoms with Crippen molar-refractivity contribution in [3.8, 4) is 5.75 Å². The van der Waals surface area contributed by atoms with E-state index in [1.165, 1.54) is 23.3 Å². The number of hydrogen-bond donors (Lipinski definition) is 1. The molecule has 2 aromatic carbocycles. The predicted octanol–water partition coefficient (Wildman–Crippen LogP) is 5.28. The van der Waals surface area contributed by atoms with E-state index in [0.29, 0.717) is 32.8 Å². The molecule has 2 atom stereocenters. The molecule has 2 N–H and O–H groups in total. The zero-order valence-electron chi connectivity index (χ0n) is 24.1. The molecule has 0 aromatic heterocycles. The van der Waals surface area contributed by atoms with Crippen LogP contribution in [-0.4, -0.2) is 79.6 Å². The Kier molecular flexibility index (Phi) is 10.1. The van der Waals surface area contributed by atoms with Crippen LogP contribution in [0.3, 0.4) is 0 Å². The third-order valence-electron chi connectivity index (χ3n) is 7.67. The molecule has 6 nitrogen and oxygen atoms in total. The third kappa shape index (κ3) is 8.19. The lowest BCUT2D eigenvalue weighted by atomic mass is 9.96. The summed E-state index contributed by atoms with van der Waals surface area (Å²) in [5.41, 5.74) is 9.21. The van der Waals surface area contributed by atoms with E-state index in [1.54, 1.807) is 4.90 Å². The van der Waals surface area contributed by atoms with Crippen molar-refractivity contribution in [1.29, 1.82) is 0 Å². The highest BCUT2D eigenvalue weighted by Crippen LogP contribution is 2.32. The van der Waals surface area contributed by atoms with Crippen molar-refractivity contribution < 1.29 is 22.7 Å². The van der Waals surface area contributed by atoms with Gasteiger partial charge in [-0.15, -0.1) is 0 Å². The van der Waals surface area contributed by atoms with Crippen LogP contribution in [0.5, 0.6) is 5.75 Å². The SMILES string of the molecule is Cc1c(OCCCC(C)(N)CN(C)C)ccc(C(C)N2CCN(C(=O)c3ccc(C(F)(F)F)cc3)CC2)c1C. The van der Waals surface area contributed by atoms with Gasteiger partial charge in [-0.2, -0.15) is 13.2 Å². The number of piperazine rings is 1. The zero-order chi connectivity index (χ0) is 29.0. The molecule has 1 aliphatic heterocycles. The maximum absolute atomic E-state index is 12.9. The number of likely N-dealkylation sites (N-methyl/N-ethyl adjacent to an activating group) is 1. The van der Waals surface area contributed by atoms with E-state index < -0.39 is 11.7 Å². The molecule has 216 valence electrons. The summed E-state index contributed by atoms with van der Waals surface area (Å²) in [5, 5.41) is 0. The molecule has 9 heteroatoms. The highest BCUT2D eigenvalue weighted by molar-refractivity contribution is 5.94. The Morgan fingerprint density at radius 1 is 1.03 bits per heavy atom. The quantitative estimate of drug-likeness (QED) is 0.410. The lowest BCUT2D eigenvalue weighted by molar-refractivity contribution is -0.137. The highest BCUT2D eigenvalue weighted by atomic mass is 19.4. The van der Waals surface area contributed by atoms with Crippen LogP contribution in [0.2, 0.25) is 0 Å². The summed E-state index contributed by atoms with van der Waals surface area (Å²) < 4.78 is 44.6. The minimum absolute atomic E-state index is 0.157. The Bertz CT molecular complexity index is 1110. The predicted molar refractivity (Wildman–Crippen MR) is 149 cm³/mol. The number of benzene rings is 2. The fourth-order valence-corrected chi connectivity index (χ4v) is 5.38. The van der Waals surface area contributed by atoms with E-state index in [-0.39, 0.29) is 23.1 Å². The number of alkyl halides is 3. The van der Waals surface area contributed by atoms with Crippen LogP contribution in [0.1, 0.15) is 65.3 Å². The molecule has 1 amide bonds. The van der Waals surface area contributed by atoms with Gasteiger partial charge in [-0.1, -0.05) is 6.07 Å². The first kappa shape index (κ1) is 30.9. The van der Waals surface area contributed by atoms with Crippen molar-refractivity contribution in [3.05, 3.63) is 64.2 Å². The van der Waals surface area contributed by atoms with E-state index in [9.17, 15) is 18.0 Å². The van der Waals surface area contributed by atoms with Gasteiger partial charge in [0.1, 0.15) is 5.75 Å². The second kappa shape index (κ2) is 12.7. The van der Waals surface area contributed by atoms with Crippen LogP contribution >= 0.6 is 0 Å². The molecule has 0 aliphatic carbocycles. The zero-order valence-corrected chi connectivity index (χ0v) is 24.1. The van der Waals surface area contributed by atoms with Gasteiger partial charge in [-0.3, -0.25) is 9.69 Å². The van der Waals surface area contributed by atoms with Crippen molar-refractivity contribution in [3.63, 3.8) is 0 Å². The van der Waals surface area contributed by atoms with Crippen LogP contribution in [-0.2, 0) is 6.18 Å². The van der Waals surface area contributed by atoms with Crippen LogP contribution in [0.25, 0.3) is 0 Å². The lowest BCUT2D eigenvalue weighted by Gasteiger charge is -2.39. The summed E-state index contributed by atoms with van der Waals surface area (Å²) in [4.78, 5) is 19.0. The van der Waals surface area contributed by atoms with Gasteiger partial charge in [0.15, 0.2) is 0 Å². The monoisotopic (exact) mass is 548 g/mol. The molecule has 3 rings (SSSR count).